The standard InChI is InChI=1S/C14H27NO/c1-2-13-3-8-15(9-4-13)10-5-14-6-11-16-12-7-14/h13-14H,2-12H2,1H3. The summed E-state index contributed by atoms with van der Waals surface area (Å²) >= 11 is 0. The average Bonchev–Trinajstić information content (AvgIpc) is 2.38. The van der Waals surface area contributed by atoms with Gasteiger partial charge in [-0.3, -0.25) is 0 Å². The van der Waals surface area contributed by atoms with E-state index < -0.39 is 0 Å². The van der Waals surface area contributed by atoms with Crippen molar-refractivity contribution in [3.05, 3.63) is 0 Å². The van der Waals surface area contributed by atoms with Crippen molar-refractivity contribution >= 4 is 0 Å². The first-order valence-electron chi connectivity index (χ1n) is 7.18. The van der Waals surface area contributed by atoms with Crippen molar-refractivity contribution in [2.75, 3.05) is 32.8 Å². The molecule has 0 unspecified atom stereocenters. The van der Waals surface area contributed by atoms with Crippen molar-refractivity contribution < 1.29 is 4.74 Å². The lowest BCUT2D eigenvalue weighted by Gasteiger charge is -2.33. The molecule has 0 aromatic rings. The van der Waals surface area contributed by atoms with E-state index in [0.717, 1.165) is 25.0 Å². The maximum Gasteiger partial charge on any atom is 0.0468 e. The molecular weight excluding hydrogens is 198 g/mol. The fraction of sp³-hybridized carbons (Fsp3) is 1.00. The topological polar surface area (TPSA) is 12.5 Å². The summed E-state index contributed by atoms with van der Waals surface area (Å²) in [5.74, 6) is 1.96. The molecule has 0 saturated carbocycles. The highest BCUT2D eigenvalue weighted by Crippen LogP contribution is 2.22. The van der Waals surface area contributed by atoms with Gasteiger partial charge in [-0.2, -0.15) is 0 Å². The maximum atomic E-state index is 5.41. The zero-order chi connectivity index (χ0) is 11.2. The normalized spacial score (nSPS) is 26.1. The Bertz CT molecular complexity index is 181. The first kappa shape index (κ1) is 12.4. The summed E-state index contributed by atoms with van der Waals surface area (Å²) in [7, 11) is 0. The van der Waals surface area contributed by atoms with E-state index in [1.54, 1.807) is 0 Å². The van der Waals surface area contributed by atoms with Crippen LogP contribution in [0.2, 0.25) is 0 Å². The molecule has 2 fully saturated rings. The van der Waals surface area contributed by atoms with Crippen molar-refractivity contribution in [1.82, 2.24) is 4.90 Å². The van der Waals surface area contributed by atoms with Crippen LogP contribution in [-0.2, 0) is 4.74 Å². The fourth-order valence-corrected chi connectivity index (χ4v) is 3.02. The summed E-state index contributed by atoms with van der Waals surface area (Å²) in [6.45, 7) is 8.37. The van der Waals surface area contributed by atoms with E-state index in [1.807, 2.05) is 0 Å². The molecule has 2 aliphatic heterocycles. The summed E-state index contributed by atoms with van der Waals surface area (Å²) in [5.41, 5.74) is 0. The Morgan fingerprint density at radius 3 is 2.31 bits per heavy atom. The van der Waals surface area contributed by atoms with Crippen LogP contribution in [-0.4, -0.2) is 37.7 Å². The molecule has 0 aromatic heterocycles. The maximum absolute atomic E-state index is 5.41. The monoisotopic (exact) mass is 225 g/mol. The zero-order valence-corrected chi connectivity index (χ0v) is 10.8. The molecule has 2 aliphatic rings. The van der Waals surface area contributed by atoms with Crippen LogP contribution in [0.1, 0.15) is 45.4 Å². The number of hydrogen-bond donors (Lipinski definition) is 0. The first-order valence-corrected chi connectivity index (χ1v) is 7.18. The summed E-state index contributed by atoms with van der Waals surface area (Å²) in [6.07, 6.45) is 8.25. The van der Waals surface area contributed by atoms with Gasteiger partial charge in [0.2, 0.25) is 0 Å². The summed E-state index contributed by atoms with van der Waals surface area (Å²) in [4.78, 5) is 2.68. The Labute approximate surface area is 100 Å². The van der Waals surface area contributed by atoms with E-state index in [9.17, 15) is 0 Å². The molecule has 16 heavy (non-hydrogen) atoms. The minimum Gasteiger partial charge on any atom is -0.381 e. The number of likely N-dealkylation sites (tertiary alicyclic amines) is 1. The average molecular weight is 225 g/mol. The predicted molar refractivity (Wildman–Crippen MR) is 67.6 cm³/mol. The number of rotatable bonds is 4. The van der Waals surface area contributed by atoms with Gasteiger partial charge in [-0.05, 0) is 63.6 Å². The lowest BCUT2D eigenvalue weighted by Crippen LogP contribution is -2.35. The number of ether oxygens (including phenoxy) is 1. The van der Waals surface area contributed by atoms with E-state index in [1.165, 1.54) is 58.2 Å². The fourth-order valence-electron chi connectivity index (χ4n) is 3.02. The molecule has 0 atom stereocenters. The van der Waals surface area contributed by atoms with E-state index in [-0.39, 0.29) is 0 Å². The van der Waals surface area contributed by atoms with Crippen LogP contribution in [0.4, 0.5) is 0 Å². The molecule has 0 radical (unpaired) electrons. The largest absolute Gasteiger partial charge is 0.381 e. The number of hydrogen-bond acceptors (Lipinski definition) is 2. The smallest absolute Gasteiger partial charge is 0.0468 e. The third-order valence-electron chi connectivity index (χ3n) is 4.48. The van der Waals surface area contributed by atoms with Gasteiger partial charge in [0.05, 0.1) is 0 Å². The molecule has 2 rings (SSSR count). The van der Waals surface area contributed by atoms with Gasteiger partial charge in [-0.1, -0.05) is 13.3 Å². The van der Waals surface area contributed by atoms with Crippen LogP contribution in [0.3, 0.4) is 0 Å². The third-order valence-corrected chi connectivity index (χ3v) is 4.48. The van der Waals surface area contributed by atoms with Gasteiger partial charge in [0.1, 0.15) is 0 Å². The minimum atomic E-state index is 0.942. The lowest BCUT2D eigenvalue weighted by atomic mass is 9.93. The molecular formula is C14H27NO. The Morgan fingerprint density at radius 2 is 1.69 bits per heavy atom. The van der Waals surface area contributed by atoms with Crippen molar-refractivity contribution in [1.29, 1.82) is 0 Å². The molecule has 0 aromatic carbocycles. The van der Waals surface area contributed by atoms with Gasteiger partial charge in [0, 0.05) is 13.2 Å². The van der Waals surface area contributed by atoms with E-state index in [4.69, 9.17) is 4.74 Å². The van der Waals surface area contributed by atoms with Gasteiger partial charge in [0.25, 0.3) is 0 Å². The second-order valence-corrected chi connectivity index (χ2v) is 5.54. The summed E-state index contributed by atoms with van der Waals surface area (Å²) in [5, 5.41) is 0. The van der Waals surface area contributed by atoms with Crippen LogP contribution in [0.15, 0.2) is 0 Å². The molecule has 2 heterocycles. The minimum absolute atomic E-state index is 0.942. The molecule has 0 aliphatic carbocycles. The lowest BCUT2D eigenvalue weighted by molar-refractivity contribution is 0.0581. The number of piperidine rings is 1. The van der Waals surface area contributed by atoms with Crippen LogP contribution in [0.25, 0.3) is 0 Å². The zero-order valence-electron chi connectivity index (χ0n) is 10.8. The van der Waals surface area contributed by atoms with Gasteiger partial charge in [-0.25, -0.2) is 0 Å². The number of nitrogens with zero attached hydrogens (tertiary/aromatic N) is 1. The molecule has 2 heteroatoms. The molecule has 0 N–H and O–H groups in total. The Morgan fingerprint density at radius 1 is 1.00 bits per heavy atom. The predicted octanol–water partition coefficient (Wildman–Crippen LogP) is 2.93. The molecule has 94 valence electrons. The molecule has 0 spiro atoms. The van der Waals surface area contributed by atoms with Crippen molar-refractivity contribution in [3.63, 3.8) is 0 Å². The van der Waals surface area contributed by atoms with Gasteiger partial charge in [-0.15, -0.1) is 0 Å². The second kappa shape index (κ2) is 6.61. The van der Waals surface area contributed by atoms with Crippen molar-refractivity contribution in [3.8, 4) is 0 Å². The van der Waals surface area contributed by atoms with Crippen LogP contribution in [0, 0.1) is 11.8 Å². The Balaban J connectivity index is 1.59. The Hall–Kier alpha value is -0.0800. The van der Waals surface area contributed by atoms with Crippen LogP contribution >= 0.6 is 0 Å². The molecule has 2 nitrogen and oxygen atoms in total. The van der Waals surface area contributed by atoms with Gasteiger partial charge >= 0.3 is 0 Å². The van der Waals surface area contributed by atoms with Gasteiger partial charge < -0.3 is 9.64 Å². The van der Waals surface area contributed by atoms with E-state index in [2.05, 4.69) is 11.8 Å². The third kappa shape index (κ3) is 3.74. The van der Waals surface area contributed by atoms with Crippen LogP contribution < -0.4 is 0 Å². The Kier molecular flexibility index (Phi) is 5.11. The second-order valence-electron chi connectivity index (χ2n) is 5.54. The van der Waals surface area contributed by atoms with Crippen molar-refractivity contribution in [2.45, 2.75) is 45.4 Å². The van der Waals surface area contributed by atoms with E-state index in [0.29, 0.717) is 0 Å². The molecule has 0 bridgehead atoms. The highest BCUT2D eigenvalue weighted by atomic mass is 16.5. The van der Waals surface area contributed by atoms with Crippen molar-refractivity contribution in [2.24, 2.45) is 11.8 Å². The highest BCUT2D eigenvalue weighted by molar-refractivity contribution is 4.73. The highest BCUT2D eigenvalue weighted by Gasteiger charge is 2.19. The quantitative estimate of drug-likeness (QED) is 0.729. The first-order chi connectivity index (χ1) is 7.88. The molecule has 2 saturated heterocycles. The molecule has 0 amide bonds. The SMILES string of the molecule is CCC1CCN(CCC2CCOCC2)CC1. The van der Waals surface area contributed by atoms with E-state index >= 15 is 0 Å². The summed E-state index contributed by atoms with van der Waals surface area (Å²) < 4.78 is 5.41. The van der Waals surface area contributed by atoms with Crippen LogP contribution in [0.5, 0.6) is 0 Å². The summed E-state index contributed by atoms with van der Waals surface area (Å²) in [6, 6.07) is 0. The van der Waals surface area contributed by atoms with Gasteiger partial charge in [0.15, 0.2) is 0 Å².